The average Bonchev–Trinajstić information content (AvgIpc) is 3.35. The summed E-state index contributed by atoms with van der Waals surface area (Å²) in [5.41, 5.74) is 1.02. The molecule has 3 fully saturated rings. The van der Waals surface area contributed by atoms with E-state index in [9.17, 15) is 4.79 Å². The van der Waals surface area contributed by atoms with Gasteiger partial charge in [-0.05, 0) is 38.5 Å². The molecule has 3 heterocycles. The Morgan fingerprint density at radius 2 is 1.65 bits per heavy atom. The Kier molecular flexibility index (Phi) is 5.27. The van der Waals surface area contributed by atoms with Crippen molar-refractivity contribution in [3.63, 3.8) is 0 Å². The molecule has 1 saturated carbocycles. The van der Waals surface area contributed by atoms with E-state index in [1.807, 2.05) is 11.8 Å². The van der Waals surface area contributed by atoms with Crippen molar-refractivity contribution in [2.75, 3.05) is 49.1 Å². The van der Waals surface area contributed by atoms with Gasteiger partial charge in [0.05, 0.1) is 0 Å². The molecule has 1 aliphatic carbocycles. The van der Waals surface area contributed by atoms with Crippen molar-refractivity contribution in [1.82, 2.24) is 14.9 Å². The number of carbonyl (C=O) groups is 1. The van der Waals surface area contributed by atoms with Gasteiger partial charge in [0.25, 0.3) is 0 Å². The van der Waals surface area contributed by atoms with Crippen molar-refractivity contribution < 1.29 is 4.79 Å². The summed E-state index contributed by atoms with van der Waals surface area (Å²) < 4.78 is 0. The quantitative estimate of drug-likeness (QED) is 0.829. The van der Waals surface area contributed by atoms with Crippen molar-refractivity contribution >= 4 is 17.7 Å². The van der Waals surface area contributed by atoms with Gasteiger partial charge in [-0.3, -0.25) is 4.79 Å². The van der Waals surface area contributed by atoms with E-state index in [0.29, 0.717) is 11.8 Å². The van der Waals surface area contributed by atoms with Crippen LogP contribution in [0.3, 0.4) is 0 Å². The van der Waals surface area contributed by atoms with Crippen molar-refractivity contribution in [1.29, 1.82) is 0 Å². The smallest absolute Gasteiger partial charge is 0.227 e. The molecule has 2 aliphatic heterocycles. The minimum absolute atomic E-state index is 0.347. The van der Waals surface area contributed by atoms with E-state index >= 15 is 0 Å². The van der Waals surface area contributed by atoms with E-state index < -0.39 is 0 Å². The zero-order chi connectivity index (χ0) is 17.9. The number of carbonyl (C=O) groups excluding carboxylic acids is 1. The van der Waals surface area contributed by atoms with E-state index in [1.54, 1.807) is 0 Å². The second-order valence-electron chi connectivity index (χ2n) is 8.08. The first-order valence-corrected chi connectivity index (χ1v) is 10.3. The molecular weight excluding hydrogens is 326 g/mol. The van der Waals surface area contributed by atoms with Gasteiger partial charge in [-0.25, -0.2) is 4.98 Å². The summed E-state index contributed by atoms with van der Waals surface area (Å²) in [6.45, 7) is 7.49. The van der Waals surface area contributed by atoms with E-state index in [2.05, 4.69) is 20.9 Å². The highest BCUT2D eigenvalue weighted by atomic mass is 16.2. The third-order valence-corrected chi connectivity index (χ3v) is 6.11. The summed E-state index contributed by atoms with van der Waals surface area (Å²) in [7, 11) is 0. The summed E-state index contributed by atoms with van der Waals surface area (Å²) in [6.07, 6.45) is 8.33. The molecule has 0 bridgehead atoms. The number of aryl methyl sites for hydroxylation is 1. The fraction of sp³-hybridized carbons (Fsp3) is 0.750. The van der Waals surface area contributed by atoms with Crippen molar-refractivity contribution in [2.24, 2.45) is 5.92 Å². The minimum atomic E-state index is 0.347. The van der Waals surface area contributed by atoms with E-state index in [4.69, 9.17) is 4.98 Å². The fourth-order valence-electron chi connectivity index (χ4n) is 4.53. The topological polar surface area (TPSA) is 52.6 Å². The van der Waals surface area contributed by atoms with E-state index in [-0.39, 0.29) is 0 Å². The Morgan fingerprint density at radius 3 is 2.35 bits per heavy atom. The van der Waals surface area contributed by atoms with Crippen LogP contribution in [0.15, 0.2) is 6.07 Å². The average molecular weight is 358 g/mol. The summed E-state index contributed by atoms with van der Waals surface area (Å²) in [4.78, 5) is 28.7. The third kappa shape index (κ3) is 3.94. The summed E-state index contributed by atoms with van der Waals surface area (Å²) in [6, 6.07) is 2.09. The second-order valence-corrected chi connectivity index (χ2v) is 8.08. The van der Waals surface area contributed by atoms with Crippen molar-refractivity contribution in [3.05, 3.63) is 11.8 Å². The summed E-state index contributed by atoms with van der Waals surface area (Å²) in [5.74, 6) is 2.86. The Hall–Kier alpha value is -1.85. The molecule has 6 heteroatoms. The number of hydrogen-bond donors (Lipinski definition) is 0. The van der Waals surface area contributed by atoms with Crippen LogP contribution < -0.4 is 9.80 Å². The minimum Gasteiger partial charge on any atom is -0.356 e. The second kappa shape index (κ2) is 7.80. The summed E-state index contributed by atoms with van der Waals surface area (Å²) >= 11 is 0. The lowest BCUT2D eigenvalue weighted by atomic mass is 10.0. The van der Waals surface area contributed by atoms with Gasteiger partial charge in [0, 0.05) is 57.4 Å². The molecular formula is C20H31N5O. The van der Waals surface area contributed by atoms with Crippen molar-refractivity contribution in [3.8, 4) is 0 Å². The fourth-order valence-corrected chi connectivity index (χ4v) is 4.53. The van der Waals surface area contributed by atoms with Gasteiger partial charge < -0.3 is 14.7 Å². The molecule has 0 spiro atoms. The predicted molar refractivity (Wildman–Crippen MR) is 104 cm³/mol. The largest absolute Gasteiger partial charge is 0.356 e. The lowest BCUT2D eigenvalue weighted by molar-refractivity contribution is -0.132. The predicted octanol–water partition coefficient (Wildman–Crippen LogP) is 2.61. The van der Waals surface area contributed by atoms with Gasteiger partial charge in [-0.15, -0.1) is 0 Å². The highest BCUT2D eigenvalue weighted by molar-refractivity contribution is 5.76. The molecule has 0 radical (unpaired) electrons. The molecule has 1 aromatic rings. The number of piperazine rings is 1. The molecule has 3 aliphatic rings. The van der Waals surface area contributed by atoms with Crippen LogP contribution in [0.25, 0.3) is 0 Å². The van der Waals surface area contributed by atoms with E-state index in [0.717, 1.165) is 63.1 Å². The molecule has 0 N–H and O–H groups in total. The molecule has 0 aromatic carbocycles. The van der Waals surface area contributed by atoms with Gasteiger partial charge >= 0.3 is 0 Å². The maximum atomic E-state index is 12.5. The number of nitrogens with zero attached hydrogens (tertiary/aromatic N) is 5. The zero-order valence-corrected chi connectivity index (χ0v) is 16.0. The highest BCUT2D eigenvalue weighted by Crippen LogP contribution is 2.28. The number of rotatable bonds is 4. The number of aromatic nitrogens is 2. The SMILES string of the molecule is Cc1cc(N2CCCC2)nc(N2CCN(C(=O)CC3CCCC3)CC2)n1. The molecule has 2 saturated heterocycles. The number of anilines is 2. The van der Waals surface area contributed by atoms with Crippen LogP contribution in [0, 0.1) is 12.8 Å². The van der Waals surface area contributed by atoms with Crippen LogP contribution in [0.5, 0.6) is 0 Å². The van der Waals surface area contributed by atoms with Crippen LogP contribution in [-0.4, -0.2) is 60.0 Å². The summed E-state index contributed by atoms with van der Waals surface area (Å²) in [5, 5.41) is 0. The normalized spacial score (nSPS) is 21.7. The standard InChI is InChI=1S/C20H31N5O/c1-16-14-18(23-8-4-5-9-23)22-20(21-16)25-12-10-24(11-13-25)19(26)15-17-6-2-3-7-17/h14,17H,2-13,15H2,1H3. The Bertz CT molecular complexity index is 629. The first-order chi connectivity index (χ1) is 12.7. The van der Waals surface area contributed by atoms with Crippen LogP contribution in [0.4, 0.5) is 11.8 Å². The van der Waals surface area contributed by atoms with Crippen LogP contribution in [0.2, 0.25) is 0 Å². The molecule has 26 heavy (non-hydrogen) atoms. The van der Waals surface area contributed by atoms with Gasteiger partial charge in [0.1, 0.15) is 5.82 Å². The first-order valence-electron chi connectivity index (χ1n) is 10.3. The Morgan fingerprint density at radius 1 is 0.962 bits per heavy atom. The Labute approximate surface area is 156 Å². The molecule has 0 unspecified atom stereocenters. The maximum absolute atomic E-state index is 12.5. The van der Waals surface area contributed by atoms with Gasteiger partial charge in [0.15, 0.2) is 0 Å². The third-order valence-electron chi connectivity index (χ3n) is 6.11. The molecule has 4 rings (SSSR count). The van der Waals surface area contributed by atoms with Crippen LogP contribution in [-0.2, 0) is 4.79 Å². The maximum Gasteiger partial charge on any atom is 0.227 e. The molecule has 1 amide bonds. The van der Waals surface area contributed by atoms with Gasteiger partial charge in [0.2, 0.25) is 11.9 Å². The van der Waals surface area contributed by atoms with Gasteiger partial charge in [-0.1, -0.05) is 12.8 Å². The lowest BCUT2D eigenvalue weighted by Gasteiger charge is -2.35. The van der Waals surface area contributed by atoms with E-state index in [1.165, 1.54) is 38.5 Å². The monoisotopic (exact) mass is 357 g/mol. The zero-order valence-electron chi connectivity index (χ0n) is 16.0. The molecule has 142 valence electrons. The van der Waals surface area contributed by atoms with Crippen LogP contribution >= 0.6 is 0 Å². The first kappa shape index (κ1) is 17.6. The number of amides is 1. The lowest BCUT2D eigenvalue weighted by Crippen LogP contribution is -2.49. The molecule has 6 nitrogen and oxygen atoms in total. The Balaban J connectivity index is 1.36. The number of hydrogen-bond acceptors (Lipinski definition) is 5. The molecule has 0 atom stereocenters. The van der Waals surface area contributed by atoms with Crippen molar-refractivity contribution in [2.45, 2.75) is 51.9 Å². The van der Waals surface area contributed by atoms with Gasteiger partial charge in [-0.2, -0.15) is 4.98 Å². The van der Waals surface area contributed by atoms with Crippen LogP contribution in [0.1, 0.15) is 50.6 Å². The highest BCUT2D eigenvalue weighted by Gasteiger charge is 2.26. The molecule has 1 aromatic heterocycles.